The van der Waals surface area contributed by atoms with Crippen molar-refractivity contribution < 1.29 is 13.2 Å². The first-order chi connectivity index (χ1) is 11.3. The number of guanidine groups is 1. The van der Waals surface area contributed by atoms with Gasteiger partial charge in [0.25, 0.3) is 0 Å². The van der Waals surface area contributed by atoms with Crippen molar-refractivity contribution in [1.82, 2.24) is 19.8 Å². The molecule has 0 radical (unpaired) electrons. The van der Waals surface area contributed by atoms with Crippen LogP contribution in [0, 0.1) is 0 Å². The van der Waals surface area contributed by atoms with Gasteiger partial charge in [0.1, 0.15) is 6.54 Å². The summed E-state index contributed by atoms with van der Waals surface area (Å²) in [5.74, 6) is 1.38. The lowest BCUT2D eigenvalue weighted by Crippen LogP contribution is -2.47. The van der Waals surface area contributed by atoms with Crippen LogP contribution in [-0.2, 0) is 14.8 Å². The van der Waals surface area contributed by atoms with E-state index in [0.717, 1.165) is 25.1 Å². The quantitative estimate of drug-likeness (QED) is 0.208. The third kappa shape index (κ3) is 9.29. The maximum absolute atomic E-state index is 11.8. The summed E-state index contributed by atoms with van der Waals surface area (Å²) in [5.41, 5.74) is 0. The highest BCUT2D eigenvalue weighted by atomic mass is 127. The molecule has 25 heavy (non-hydrogen) atoms. The summed E-state index contributed by atoms with van der Waals surface area (Å²) in [6.45, 7) is 1.83. The molecule has 1 rings (SSSR count). The predicted octanol–water partition coefficient (Wildman–Crippen LogP) is 0.0148. The molecule has 1 fully saturated rings. The topological polar surface area (TPSA) is 94.1 Å². The number of nitrogens with zero attached hydrogens (tertiary/aromatic N) is 3. The van der Waals surface area contributed by atoms with Crippen LogP contribution in [0.4, 0.5) is 0 Å². The Labute approximate surface area is 172 Å². The lowest BCUT2D eigenvalue weighted by molar-refractivity contribution is -0.127. The number of thioether (sulfide) groups is 1. The highest BCUT2D eigenvalue weighted by Gasteiger charge is 2.31. The molecule has 1 aliphatic heterocycles. The van der Waals surface area contributed by atoms with Crippen molar-refractivity contribution in [2.75, 3.05) is 58.5 Å². The Bertz CT molecular complexity index is 543. The number of hydrogen-bond acceptors (Lipinski definition) is 5. The maximum Gasteiger partial charge on any atom is 0.243 e. The average Bonchev–Trinajstić information content (AvgIpc) is 2.97. The fourth-order valence-corrected chi connectivity index (χ4v) is 3.89. The zero-order valence-electron chi connectivity index (χ0n) is 15.3. The van der Waals surface area contributed by atoms with Gasteiger partial charge in [0.15, 0.2) is 5.96 Å². The number of carbonyl (C=O) groups is 1. The molecule has 0 aliphatic carbocycles. The lowest BCUT2D eigenvalue weighted by Gasteiger charge is -2.23. The molecule has 0 aromatic rings. The standard InChI is InChI=1S/C14H29N5O3S2.HI/c1-18(2)13(20)11-17-14(15-7-9-23-3)16-10-12-6-5-8-19(12)24(4,21)22;/h12H,5-11H2,1-4H3,(H2,15,16,17);1H/t12-;/m1./s1. The van der Waals surface area contributed by atoms with Crippen molar-refractivity contribution in [1.29, 1.82) is 0 Å². The summed E-state index contributed by atoms with van der Waals surface area (Å²) in [7, 11) is 0.190. The fraction of sp³-hybridized carbons (Fsp3) is 0.857. The number of rotatable bonds is 8. The SMILES string of the molecule is CSCCNC(=NCC(=O)N(C)C)NC[C@H]1CCCN1S(C)(=O)=O.I. The number of aliphatic imine (C=N–C) groups is 1. The van der Waals surface area contributed by atoms with Crippen molar-refractivity contribution in [3.05, 3.63) is 0 Å². The molecule has 0 aromatic heterocycles. The zero-order chi connectivity index (χ0) is 18.2. The number of carbonyl (C=O) groups excluding carboxylic acids is 1. The number of nitrogens with one attached hydrogen (secondary N) is 2. The minimum absolute atomic E-state index is 0. The Hall–Kier alpha value is -0.270. The van der Waals surface area contributed by atoms with E-state index in [0.29, 0.717) is 19.0 Å². The van der Waals surface area contributed by atoms with Gasteiger partial charge in [-0.1, -0.05) is 0 Å². The van der Waals surface area contributed by atoms with Gasteiger partial charge < -0.3 is 15.5 Å². The summed E-state index contributed by atoms with van der Waals surface area (Å²) in [6.07, 6.45) is 4.95. The molecule has 1 heterocycles. The van der Waals surface area contributed by atoms with E-state index >= 15 is 0 Å². The largest absolute Gasteiger partial charge is 0.356 e. The molecule has 1 aliphatic rings. The molecule has 0 unspecified atom stereocenters. The highest BCUT2D eigenvalue weighted by molar-refractivity contribution is 14.0. The molecule has 0 bridgehead atoms. The third-order valence-corrected chi connectivity index (χ3v) is 5.67. The second kappa shape index (κ2) is 12.2. The number of halogens is 1. The molecule has 0 saturated carbocycles. The van der Waals surface area contributed by atoms with E-state index in [4.69, 9.17) is 0 Å². The number of hydrogen-bond donors (Lipinski definition) is 2. The van der Waals surface area contributed by atoms with Crippen LogP contribution in [-0.4, -0.2) is 94.1 Å². The van der Waals surface area contributed by atoms with Crippen molar-refractivity contribution >= 4 is 57.6 Å². The van der Waals surface area contributed by atoms with Gasteiger partial charge in [-0.2, -0.15) is 16.1 Å². The molecule has 2 N–H and O–H groups in total. The van der Waals surface area contributed by atoms with Gasteiger partial charge in [-0.3, -0.25) is 4.79 Å². The maximum atomic E-state index is 11.8. The first-order valence-corrected chi connectivity index (χ1v) is 11.2. The second-order valence-electron chi connectivity index (χ2n) is 5.92. The van der Waals surface area contributed by atoms with Crippen LogP contribution in [0.15, 0.2) is 4.99 Å². The average molecular weight is 507 g/mol. The van der Waals surface area contributed by atoms with Crippen molar-refractivity contribution in [3.63, 3.8) is 0 Å². The van der Waals surface area contributed by atoms with E-state index in [2.05, 4.69) is 15.6 Å². The Morgan fingerprint density at radius 2 is 2.04 bits per heavy atom. The van der Waals surface area contributed by atoms with Crippen LogP contribution in [0.5, 0.6) is 0 Å². The molecule has 1 amide bonds. The van der Waals surface area contributed by atoms with Gasteiger partial charge in [-0.25, -0.2) is 13.4 Å². The summed E-state index contributed by atoms with van der Waals surface area (Å²) < 4.78 is 25.1. The van der Waals surface area contributed by atoms with Crippen LogP contribution >= 0.6 is 35.7 Å². The predicted molar refractivity (Wildman–Crippen MR) is 115 cm³/mol. The Morgan fingerprint density at radius 1 is 1.36 bits per heavy atom. The second-order valence-corrected chi connectivity index (χ2v) is 8.84. The minimum Gasteiger partial charge on any atom is -0.356 e. The number of likely N-dealkylation sites (N-methyl/N-ethyl adjacent to an activating group) is 1. The van der Waals surface area contributed by atoms with Crippen LogP contribution in [0.1, 0.15) is 12.8 Å². The fourth-order valence-electron chi connectivity index (χ4n) is 2.40. The lowest BCUT2D eigenvalue weighted by atomic mass is 10.2. The van der Waals surface area contributed by atoms with Gasteiger partial charge in [0.2, 0.25) is 15.9 Å². The van der Waals surface area contributed by atoms with E-state index in [1.165, 1.54) is 15.5 Å². The van der Waals surface area contributed by atoms with E-state index in [1.807, 2.05) is 6.26 Å². The molecular formula is C14H30IN5O3S2. The molecule has 8 nitrogen and oxygen atoms in total. The van der Waals surface area contributed by atoms with Crippen LogP contribution in [0.2, 0.25) is 0 Å². The summed E-state index contributed by atoms with van der Waals surface area (Å²) in [4.78, 5) is 17.5. The van der Waals surface area contributed by atoms with Crippen LogP contribution in [0.3, 0.4) is 0 Å². The van der Waals surface area contributed by atoms with E-state index in [1.54, 1.807) is 25.9 Å². The Morgan fingerprint density at radius 3 is 2.60 bits per heavy atom. The van der Waals surface area contributed by atoms with Crippen molar-refractivity contribution in [2.24, 2.45) is 4.99 Å². The monoisotopic (exact) mass is 507 g/mol. The minimum atomic E-state index is -3.19. The van der Waals surface area contributed by atoms with E-state index in [9.17, 15) is 13.2 Å². The van der Waals surface area contributed by atoms with Gasteiger partial charge >= 0.3 is 0 Å². The van der Waals surface area contributed by atoms with Crippen molar-refractivity contribution in [3.8, 4) is 0 Å². The van der Waals surface area contributed by atoms with Gasteiger partial charge in [0.05, 0.1) is 6.26 Å². The summed E-state index contributed by atoms with van der Waals surface area (Å²) in [6, 6.07) is -0.0721. The first-order valence-electron chi connectivity index (χ1n) is 7.93. The van der Waals surface area contributed by atoms with E-state index in [-0.39, 0.29) is 42.5 Å². The molecular weight excluding hydrogens is 477 g/mol. The van der Waals surface area contributed by atoms with Crippen LogP contribution < -0.4 is 10.6 Å². The summed E-state index contributed by atoms with van der Waals surface area (Å²) in [5, 5.41) is 6.34. The Balaban J connectivity index is 0.00000576. The highest BCUT2D eigenvalue weighted by Crippen LogP contribution is 2.19. The molecule has 11 heteroatoms. The van der Waals surface area contributed by atoms with Gasteiger partial charge in [-0.05, 0) is 19.1 Å². The molecule has 0 aromatic carbocycles. The first kappa shape index (κ1) is 24.7. The van der Waals surface area contributed by atoms with Gasteiger partial charge in [-0.15, -0.1) is 24.0 Å². The Kier molecular flexibility index (Phi) is 12.0. The van der Waals surface area contributed by atoms with E-state index < -0.39 is 10.0 Å². The summed E-state index contributed by atoms with van der Waals surface area (Å²) >= 11 is 1.71. The smallest absolute Gasteiger partial charge is 0.243 e. The molecule has 148 valence electrons. The van der Waals surface area contributed by atoms with Crippen LogP contribution in [0.25, 0.3) is 0 Å². The third-order valence-electron chi connectivity index (χ3n) is 3.72. The van der Waals surface area contributed by atoms with Gasteiger partial charge in [0, 0.05) is 45.5 Å². The zero-order valence-corrected chi connectivity index (χ0v) is 19.3. The number of amides is 1. The van der Waals surface area contributed by atoms with Crippen molar-refractivity contribution in [2.45, 2.75) is 18.9 Å². The molecule has 1 atom stereocenters. The molecule has 0 spiro atoms. The normalized spacial score (nSPS) is 18.6. The number of sulfonamides is 1. The molecule has 1 saturated heterocycles.